The summed E-state index contributed by atoms with van der Waals surface area (Å²) in [5.41, 5.74) is -1.88. The number of aromatic nitrogens is 2. The van der Waals surface area contributed by atoms with Crippen LogP contribution in [0.2, 0.25) is 0 Å². The fourth-order valence-electron chi connectivity index (χ4n) is 3.07. The standard InChI is InChI=1S/C15H26N2O15P2/c1-2-3-4-5-8-28-15(31-33(22,23)24,30-32-34(25,26)27)12-10(19)11(20)13(29-12)17-7-6-9(18)16-14(17)21/h6-7,10-13,19-20H,2-5,8H2,1H3,(H,16,18,21)(H2,22,23,24)(H2,25,26,27)/t10-,11+,12-,13+,15?/m0/s1. The van der Waals surface area contributed by atoms with Crippen molar-refractivity contribution < 1.29 is 62.5 Å². The first-order valence-corrected chi connectivity index (χ1v) is 12.9. The third kappa shape index (κ3) is 7.86. The summed E-state index contributed by atoms with van der Waals surface area (Å²) in [6, 6.07) is 0.883. The van der Waals surface area contributed by atoms with Gasteiger partial charge in [-0.05, 0) is 6.42 Å². The zero-order valence-electron chi connectivity index (χ0n) is 17.7. The zero-order valence-corrected chi connectivity index (χ0v) is 19.5. The molecule has 1 aromatic rings. The van der Waals surface area contributed by atoms with Crippen LogP contribution in [0.4, 0.5) is 0 Å². The number of phosphoric ester groups is 1. The highest BCUT2D eigenvalue weighted by atomic mass is 31.2. The van der Waals surface area contributed by atoms with E-state index in [9.17, 15) is 38.7 Å². The van der Waals surface area contributed by atoms with Crippen molar-refractivity contribution in [2.75, 3.05) is 6.61 Å². The Bertz CT molecular complexity index is 1020. The average Bonchev–Trinajstić information content (AvgIpc) is 3.00. The summed E-state index contributed by atoms with van der Waals surface area (Å²) in [6.07, 6.45) is -4.94. The maximum atomic E-state index is 12.1. The topological polar surface area (TPSA) is 257 Å². The molecule has 17 nitrogen and oxygen atoms in total. The maximum absolute atomic E-state index is 12.1. The predicted octanol–water partition coefficient (Wildman–Crippen LogP) is -1.44. The van der Waals surface area contributed by atoms with Gasteiger partial charge in [0.25, 0.3) is 5.56 Å². The molecule has 0 amide bonds. The van der Waals surface area contributed by atoms with Crippen LogP contribution in [0.1, 0.15) is 38.8 Å². The Labute approximate surface area is 191 Å². The Hall–Kier alpha value is -1.30. The first-order valence-electron chi connectivity index (χ1n) is 9.85. The summed E-state index contributed by atoms with van der Waals surface area (Å²) in [5, 5.41) is 21.0. The highest BCUT2D eigenvalue weighted by Crippen LogP contribution is 2.50. The van der Waals surface area contributed by atoms with Gasteiger partial charge in [0.1, 0.15) is 12.2 Å². The minimum atomic E-state index is -5.61. The van der Waals surface area contributed by atoms with E-state index in [0.717, 1.165) is 25.1 Å². The number of hydrogen-bond donors (Lipinski definition) is 7. The number of hydrogen-bond acceptors (Lipinski definition) is 11. The first kappa shape index (κ1) is 28.9. The first-order chi connectivity index (χ1) is 15.7. The van der Waals surface area contributed by atoms with Gasteiger partial charge in [-0.25, -0.2) is 18.4 Å². The van der Waals surface area contributed by atoms with Gasteiger partial charge in [0.2, 0.25) is 0 Å². The number of unbranched alkanes of at least 4 members (excludes halogenated alkanes) is 3. The van der Waals surface area contributed by atoms with Crippen LogP contribution < -0.4 is 11.2 Å². The van der Waals surface area contributed by atoms with Crippen LogP contribution in [-0.4, -0.2) is 70.2 Å². The van der Waals surface area contributed by atoms with Crippen LogP contribution in [-0.2, 0) is 32.7 Å². The van der Waals surface area contributed by atoms with Crippen molar-refractivity contribution in [2.45, 2.75) is 63.1 Å². The third-order valence-corrected chi connectivity index (χ3v) is 5.27. The van der Waals surface area contributed by atoms with E-state index >= 15 is 0 Å². The number of rotatable bonds is 13. The van der Waals surface area contributed by atoms with Gasteiger partial charge in [0.05, 0.1) is 6.61 Å². The van der Waals surface area contributed by atoms with Crippen molar-refractivity contribution in [3.63, 3.8) is 0 Å². The number of phosphoric acid groups is 2. The molecular weight excluding hydrogens is 510 g/mol. The molecule has 0 aliphatic carbocycles. The summed E-state index contributed by atoms with van der Waals surface area (Å²) in [7, 11) is -11.1. The minimum absolute atomic E-state index is 0.244. The van der Waals surface area contributed by atoms with Gasteiger partial charge in [-0.2, -0.15) is 4.89 Å². The molecular formula is C15H26N2O15P2. The van der Waals surface area contributed by atoms with Gasteiger partial charge < -0.3 is 39.3 Å². The fraction of sp³-hybridized carbons (Fsp3) is 0.733. The summed E-state index contributed by atoms with van der Waals surface area (Å²) < 4.78 is 42.4. The lowest BCUT2D eigenvalue weighted by Crippen LogP contribution is -2.54. The molecule has 0 radical (unpaired) electrons. The molecule has 1 fully saturated rings. The molecule has 1 aromatic heterocycles. The van der Waals surface area contributed by atoms with E-state index in [1.807, 2.05) is 11.9 Å². The molecule has 1 aliphatic rings. The largest absolute Gasteiger partial charge is 0.497 e. The van der Waals surface area contributed by atoms with Gasteiger partial charge in [0.15, 0.2) is 12.3 Å². The van der Waals surface area contributed by atoms with E-state index < -0.39 is 64.0 Å². The second-order valence-corrected chi connectivity index (χ2v) is 9.48. The lowest BCUT2D eigenvalue weighted by atomic mass is 10.1. The van der Waals surface area contributed by atoms with Crippen molar-refractivity contribution >= 4 is 15.6 Å². The van der Waals surface area contributed by atoms with Gasteiger partial charge in [-0.15, -0.1) is 4.67 Å². The van der Waals surface area contributed by atoms with E-state index in [-0.39, 0.29) is 6.42 Å². The van der Waals surface area contributed by atoms with Crippen molar-refractivity contribution in [3.05, 3.63) is 33.1 Å². The zero-order chi connectivity index (χ0) is 25.7. The average molecular weight is 536 g/mol. The molecule has 0 aromatic carbocycles. The van der Waals surface area contributed by atoms with Gasteiger partial charge in [-0.1, -0.05) is 26.2 Å². The molecule has 2 heterocycles. The fourth-order valence-corrected chi connectivity index (χ4v) is 3.79. The number of ether oxygens (including phenoxy) is 2. The molecule has 1 unspecified atom stereocenters. The molecule has 34 heavy (non-hydrogen) atoms. The van der Waals surface area contributed by atoms with Crippen LogP contribution in [0.15, 0.2) is 21.9 Å². The molecule has 1 aliphatic heterocycles. The number of aromatic amines is 1. The smallest absolute Gasteiger partial charge is 0.387 e. The summed E-state index contributed by atoms with van der Waals surface area (Å²) in [5.74, 6) is -3.33. The lowest BCUT2D eigenvalue weighted by Gasteiger charge is -2.36. The maximum Gasteiger partial charge on any atom is 0.497 e. The highest BCUT2D eigenvalue weighted by Gasteiger charge is 2.61. The molecule has 1 saturated heterocycles. The second kappa shape index (κ2) is 11.6. The molecule has 0 bridgehead atoms. The van der Waals surface area contributed by atoms with Crippen LogP contribution >= 0.6 is 15.6 Å². The second-order valence-electron chi connectivity index (χ2n) is 7.19. The number of H-pyrrole nitrogens is 1. The van der Waals surface area contributed by atoms with Crippen molar-refractivity contribution in [2.24, 2.45) is 0 Å². The van der Waals surface area contributed by atoms with E-state index in [1.54, 1.807) is 0 Å². The Balaban J connectivity index is 2.46. The molecule has 5 atom stereocenters. The van der Waals surface area contributed by atoms with E-state index in [2.05, 4.69) is 14.1 Å². The molecule has 0 spiro atoms. The number of nitrogens with one attached hydrogen (secondary N) is 1. The van der Waals surface area contributed by atoms with Crippen molar-refractivity contribution in [1.29, 1.82) is 0 Å². The van der Waals surface area contributed by atoms with E-state index in [0.29, 0.717) is 11.0 Å². The van der Waals surface area contributed by atoms with Crippen LogP contribution in [0.3, 0.4) is 0 Å². The van der Waals surface area contributed by atoms with Gasteiger partial charge in [-0.3, -0.25) is 14.3 Å². The third-order valence-electron chi connectivity index (χ3n) is 4.51. The Kier molecular flexibility index (Phi) is 9.89. The van der Waals surface area contributed by atoms with Gasteiger partial charge in [0, 0.05) is 12.3 Å². The Morgan fingerprint density at radius 2 is 1.76 bits per heavy atom. The lowest BCUT2D eigenvalue weighted by molar-refractivity contribution is -0.486. The van der Waals surface area contributed by atoms with Crippen LogP contribution in [0, 0.1) is 0 Å². The molecule has 19 heteroatoms. The molecule has 7 N–H and O–H groups in total. The van der Waals surface area contributed by atoms with Crippen molar-refractivity contribution in [1.82, 2.24) is 9.55 Å². The molecule has 2 rings (SSSR count). The predicted molar refractivity (Wildman–Crippen MR) is 107 cm³/mol. The van der Waals surface area contributed by atoms with Gasteiger partial charge >= 0.3 is 27.3 Å². The molecule has 0 saturated carbocycles. The SMILES string of the molecule is CCCCCCOC(OOP(=O)(O)O)(OP(=O)(O)O)[C@H]1O[C@@H](n2ccc(=O)[nH]c2=O)[C@H](O)[C@@H]1O. The number of aliphatic hydroxyl groups is 2. The minimum Gasteiger partial charge on any atom is -0.387 e. The normalized spacial score (nSPS) is 25.4. The monoisotopic (exact) mass is 536 g/mol. The Morgan fingerprint density at radius 3 is 2.32 bits per heavy atom. The number of nitrogens with zero attached hydrogens (tertiary/aromatic N) is 1. The highest BCUT2D eigenvalue weighted by molar-refractivity contribution is 7.46. The summed E-state index contributed by atoms with van der Waals surface area (Å²) >= 11 is 0. The number of aliphatic hydroxyl groups excluding tert-OH is 2. The van der Waals surface area contributed by atoms with Crippen LogP contribution in [0.25, 0.3) is 0 Å². The van der Waals surface area contributed by atoms with Crippen molar-refractivity contribution in [3.8, 4) is 0 Å². The van der Waals surface area contributed by atoms with E-state index in [4.69, 9.17) is 19.3 Å². The summed E-state index contributed by atoms with van der Waals surface area (Å²) in [4.78, 5) is 66.5. The Morgan fingerprint density at radius 1 is 1.09 bits per heavy atom. The summed E-state index contributed by atoms with van der Waals surface area (Å²) in [6.45, 7) is 1.51. The quantitative estimate of drug-likeness (QED) is 0.0500. The van der Waals surface area contributed by atoms with Crippen LogP contribution in [0.5, 0.6) is 0 Å². The molecule has 196 valence electrons. The van der Waals surface area contributed by atoms with E-state index in [1.165, 1.54) is 0 Å².